The molecule has 0 atom stereocenters. The summed E-state index contributed by atoms with van der Waals surface area (Å²) in [6.07, 6.45) is 5.00. The van der Waals surface area contributed by atoms with Gasteiger partial charge in [0.05, 0.1) is 5.56 Å². The first-order valence-corrected chi connectivity index (χ1v) is 8.19. The largest absolute Gasteiger partial charge is 0.423 e. The van der Waals surface area contributed by atoms with Crippen molar-refractivity contribution in [1.29, 1.82) is 0 Å². The molecular formula is C20H21FO2. The summed E-state index contributed by atoms with van der Waals surface area (Å²) in [5.41, 5.74) is 1.82. The van der Waals surface area contributed by atoms with Gasteiger partial charge in [0.25, 0.3) is 0 Å². The molecule has 1 saturated carbocycles. The number of rotatable bonds is 3. The van der Waals surface area contributed by atoms with E-state index in [2.05, 4.69) is 6.92 Å². The number of halogens is 1. The van der Waals surface area contributed by atoms with Crippen molar-refractivity contribution in [1.82, 2.24) is 0 Å². The van der Waals surface area contributed by atoms with E-state index < -0.39 is 5.97 Å². The summed E-state index contributed by atoms with van der Waals surface area (Å²) in [6.45, 7) is 2.31. The van der Waals surface area contributed by atoms with Gasteiger partial charge in [0.2, 0.25) is 0 Å². The highest BCUT2D eigenvalue weighted by atomic mass is 19.1. The molecule has 1 fully saturated rings. The van der Waals surface area contributed by atoms with Crippen LogP contribution >= 0.6 is 0 Å². The fourth-order valence-corrected chi connectivity index (χ4v) is 3.15. The van der Waals surface area contributed by atoms with E-state index in [1.807, 2.05) is 24.3 Å². The van der Waals surface area contributed by atoms with E-state index in [0.717, 1.165) is 5.92 Å². The third-order valence-corrected chi connectivity index (χ3v) is 4.66. The number of carbonyl (C=O) groups is 1. The molecule has 0 amide bonds. The summed E-state index contributed by atoms with van der Waals surface area (Å²) in [5.74, 6) is 1.02. The van der Waals surface area contributed by atoms with Gasteiger partial charge in [-0.3, -0.25) is 0 Å². The Bertz CT molecular complexity index is 653. The third-order valence-electron chi connectivity index (χ3n) is 4.66. The Morgan fingerprint density at radius 2 is 1.57 bits per heavy atom. The molecule has 2 nitrogen and oxygen atoms in total. The maximum atomic E-state index is 12.9. The monoisotopic (exact) mass is 312 g/mol. The molecule has 2 aromatic carbocycles. The first-order valence-electron chi connectivity index (χ1n) is 8.19. The second-order valence-corrected chi connectivity index (χ2v) is 6.42. The SMILES string of the molecule is CC1CCC(c2ccc(C(=O)Oc3ccc(F)cc3)cc2)CC1. The van der Waals surface area contributed by atoms with Crippen LogP contribution in [-0.4, -0.2) is 5.97 Å². The molecule has 3 heteroatoms. The van der Waals surface area contributed by atoms with Crippen LogP contribution in [0.25, 0.3) is 0 Å². The molecule has 0 spiro atoms. The highest BCUT2D eigenvalue weighted by molar-refractivity contribution is 5.91. The quantitative estimate of drug-likeness (QED) is 0.565. The first kappa shape index (κ1) is 15.7. The summed E-state index contributed by atoms with van der Waals surface area (Å²) in [5, 5.41) is 0. The predicted octanol–water partition coefficient (Wildman–Crippen LogP) is 5.34. The maximum absolute atomic E-state index is 12.9. The van der Waals surface area contributed by atoms with E-state index in [-0.39, 0.29) is 5.82 Å². The number of hydrogen-bond donors (Lipinski definition) is 0. The van der Waals surface area contributed by atoms with Gasteiger partial charge in [-0.2, -0.15) is 0 Å². The zero-order chi connectivity index (χ0) is 16.2. The Hall–Kier alpha value is -2.16. The van der Waals surface area contributed by atoms with E-state index in [1.54, 1.807) is 0 Å². The number of benzene rings is 2. The Labute approximate surface area is 136 Å². The Morgan fingerprint density at radius 1 is 0.957 bits per heavy atom. The van der Waals surface area contributed by atoms with Gasteiger partial charge in [-0.25, -0.2) is 9.18 Å². The lowest BCUT2D eigenvalue weighted by molar-refractivity contribution is 0.0734. The number of ether oxygens (including phenoxy) is 1. The van der Waals surface area contributed by atoms with Crippen molar-refractivity contribution in [2.75, 3.05) is 0 Å². The molecule has 23 heavy (non-hydrogen) atoms. The van der Waals surface area contributed by atoms with Crippen molar-refractivity contribution in [3.63, 3.8) is 0 Å². The van der Waals surface area contributed by atoms with Crippen molar-refractivity contribution in [2.45, 2.75) is 38.5 Å². The van der Waals surface area contributed by atoms with Crippen molar-refractivity contribution in [3.05, 3.63) is 65.5 Å². The number of esters is 1. The predicted molar refractivity (Wildman–Crippen MR) is 88.2 cm³/mol. The maximum Gasteiger partial charge on any atom is 0.343 e. The van der Waals surface area contributed by atoms with Gasteiger partial charge in [-0.05, 0) is 66.6 Å². The van der Waals surface area contributed by atoms with Crippen LogP contribution in [0.2, 0.25) is 0 Å². The van der Waals surface area contributed by atoms with Gasteiger partial charge in [0.15, 0.2) is 0 Å². The molecule has 1 aliphatic carbocycles. The summed E-state index contributed by atoms with van der Waals surface area (Å²) >= 11 is 0. The van der Waals surface area contributed by atoms with Crippen LogP contribution in [0, 0.1) is 11.7 Å². The Balaban J connectivity index is 1.64. The molecule has 0 heterocycles. The van der Waals surface area contributed by atoms with E-state index in [0.29, 0.717) is 17.2 Å². The summed E-state index contributed by atoms with van der Waals surface area (Å²) in [4.78, 5) is 12.1. The van der Waals surface area contributed by atoms with Crippen LogP contribution in [-0.2, 0) is 0 Å². The lowest BCUT2D eigenvalue weighted by atomic mass is 9.79. The lowest BCUT2D eigenvalue weighted by Gasteiger charge is -2.26. The van der Waals surface area contributed by atoms with Gasteiger partial charge in [0.1, 0.15) is 11.6 Å². The van der Waals surface area contributed by atoms with Crippen molar-refractivity contribution in [3.8, 4) is 5.75 Å². The number of hydrogen-bond acceptors (Lipinski definition) is 2. The van der Waals surface area contributed by atoms with Gasteiger partial charge in [-0.15, -0.1) is 0 Å². The summed E-state index contributed by atoms with van der Waals surface area (Å²) in [6, 6.07) is 13.1. The fraction of sp³-hybridized carbons (Fsp3) is 0.350. The van der Waals surface area contributed by atoms with Crippen LogP contribution < -0.4 is 4.74 Å². The molecule has 0 N–H and O–H groups in total. The molecule has 0 unspecified atom stereocenters. The van der Waals surface area contributed by atoms with Crippen LogP contribution in [0.3, 0.4) is 0 Å². The highest BCUT2D eigenvalue weighted by Gasteiger charge is 2.20. The summed E-state index contributed by atoms with van der Waals surface area (Å²) < 4.78 is 18.1. The van der Waals surface area contributed by atoms with Gasteiger partial charge in [-0.1, -0.05) is 31.9 Å². The normalized spacial score (nSPS) is 21.0. The van der Waals surface area contributed by atoms with Crippen LogP contribution in [0.4, 0.5) is 4.39 Å². The summed E-state index contributed by atoms with van der Waals surface area (Å²) in [7, 11) is 0. The molecule has 0 saturated heterocycles. The van der Waals surface area contributed by atoms with Gasteiger partial charge < -0.3 is 4.74 Å². The van der Waals surface area contributed by atoms with Crippen molar-refractivity contribution >= 4 is 5.97 Å². The molecule has 0 aliphatic heterocycles. The topological polar surface area (TPSA) is 26.3 Å². The van der Waals surface area contributed by atoms with Crippen molar-refractivity contribution < 1.29 is 13.9 Å². The first-order chi connectivity index (χ1) is 11.1. The second kappa shape index (κ2) is 6.95. The average Bonchev–Trinajstić information content (AvgIpc) is 2.58. The molecular weight excluding hydrogens is 291 g/mol. The highest BCUT2D eigenvalue weighted by Crippen LogP contribution is 2.35. The van der Waals surface area contributed by atoms with E-state index >= 15 is 0 Å². The Morgan fingerprint density at radius 3 is 2.17 bits per heavy atom. The molecule has 3 rings (SSSR count). The molecule has 0 radical (unpaired) electrons. The lowest BCUT2D eigenvalue weighted by Crippen LogP contribution is -2.12. The minimum absolute atomic E-state index is 0.349. The zero-order valence-electron chi connectivity index (χ0n) is 13.3. The van der Waals surface area contributed by atoms with E-state index in [1.165, 1.54) is 55.5 Å². The van der Waals surface area contributed by atoms with Gasteiger partial charge >= 0.3 is 5.97 Å². The standard InChI is InChI=1S/C20H21FO2/c1-14-2-4-15(5-3-14)16-6-8-17(9-7-16)20(22)23-19-12-10-18(21)11-13-19/h6-15H,2-5H2,1H3. The number of carbonyl (C=O) groups excluding carboxylic acids is 1. The van der Waals surface area contributed by atoms with E-state index in [9.17, 15) is 9.18 Å². The second-order valence-electron chi connectivity index (χ2n) is 6.42. The average molecular weight is 312 g/mol. The molecule has 0 aromatic heterocycles. The molecule has 0 bridgehead atoms. The minimum Gasteiger partial charge on any atom is -0.423 e. The van der Waals surface area contributed by atoms with Gasteiger partial charge in [0, 0.05) is 0 Å². The zero-order valence-corrected chi connectivity index (χ0v) is 13.3. The minimum atomic E-state index is -0.416. The van der Waals surface area contributed by atoms with E-state index in [4.69, 9.17) is 4.74 Å². The van der Waals surface area contributed by atoms with Crippen LogP contribution in [0.5, 0.6) is 5.75 Å². The Kier molecular flexibility index (Phi) is 4.75. The molecule has 1 aliphatic rings. The van der Waals surface area contributed by atoms with Crippen LogP contribution in [0.1, 0.15) is 54.4 Å². The van der Waals surface area contributed by atoms with Crippen LogP contribution in [0.15, 0.2) is 48.5 Å². The third kappa shape index (κ3) is 3.98. The smallest absolute Gasteiger partial charge is 0.343 e. The molecule has 120 valence electrons. The molecule has 2 aromatic rings. The fourth-order valence-electron chi connectivity index (χ4n) is 3.15. The van der Waals surface area contributed by atoms with Crippen molar-refractivity contribution in [2.24, 2.45) is 5.92 Å².